The summed E-state index contributed by atoms with van der Waals surface area (Å²) in [7, 11) is -6.67. The number of hydrogen-bond acceptors (Lipinski definition) is 5. The number of fused-ring (bicyclic) bond motifs is 1. The highest BCUT2D eigenvalue weighted by Crippen LogP contribution is 2.39. The van der Waals surface area contributed by atoms with Gasteiger partial charge in [-0.15, -0.1) is 0 Å². The molecule has 0 unspecified atom stereocenters. The lowest BCUT2D eigenvalue weighted by Crippen LogP contribution is -2.28. The molecule has 7 heteroatoms. The topological polar surface area (TPSA) is 81.2 Å². The van der Waals surface area contributed by atoms with Gasteiger partial charge in [-0.25, -0.2) is 16.8 Å². The third-order valence-electron chi connectivity index (χ3n) is 7.33. The minimum Gasteiger partial charge on any atom is -0.256 e. The van der Waals surface area contributed by atoms with Gasteiger partial charge in [-0.05, 0) is 83.6 Å². The van der Waals surface area contributed by atoms with Crippen molar-refractivity contribution in [3.8, 4) is 33.4 Å². The molecule has 0 saturated heterocycles. The molecule has 198 valence electrons. The van der Waals surface area contributed by atoms with Crippen LogP contribution < -0.4 is 0 Å². The molecule has 1 heterocycles. The van der Waals surface area contributed by atoms with Crippen LogP contribution >= 0.6 is 0 Å². The molecule has 0 radical (unpaired) electrons. The highest BCUT2D eigenvalue weighted by atomic mass is 32.2. The van der Waals surface area contributed by atoms with Crippen molar-refractivity contribution in [1.29, 1.82) is 0 Å². The van der Waals surface area contributed by atoms with Crippen LogP contribution in [-0.2, 0) is 24.4 Å². The first kappa shape index (κ1) is 26.8. The van der Waals surface area contributed by atoms with E-state index >= 15 is 0 Å². The van der Waals surface area contributed by atoms with E-state index < -0.39 is 24.4 Å². The number of pyridine rings is 1. The molecule has 0 atom stereocenters. The van der Waals surface area contributed by atoms with Crippen molar-refractivity contribution in [3.63, 3.8) is 0 Å². The molecule has 5 rings (SSSR count). The second-order valence-corrected chi connectivity index (χ2v) is 14.9. The molecule has 0 aliphatic rings. The molecule has 39 heavy (non-hydrogen) atoms. The fourth-order valence-corrected chi connectivity index (χ4v) is 5.87. The third kappa shape index (κ3) is 5.12. The maximum atomic E-state index is 12.7. The normalized spacial score (nSPS) is 12.5. The minimum absolute atomic E-state index is 0.280. The Balaban J connectivity index is 1.67. The lowest BCUT2D eigenvalue weighted by Gasteiger charge is -2.24. The zero-order valence-electron chi connectivity index (χ0n) is 22.2. The average Bonchev–Trinajstić information content (AvgIpc) is 2.91. The molecule has 0 fully saturated rings. The van der Waals surface area contributed by atoms with Crippen molar-refractivity contribution in [2.45, 2.75) is 23.5 Å². The Morgan fingerprint density at radius 1 is 0.615 bits per heavy atom. The quantitative estimate of drug-likeness (QED) is 0.227. The molecule has 4 aromatic carbocycles. The van der Waals surface area contributed by atoms with E-state index in [1.807, 2.05) is 78.9 Å². The molecule has 0 saturated carbocycles. The second-order valence-electron chi connectivity index (χ2n) is 10.3. The van der Waals surface area contributed by atoms with Crippen molar-refractivity contribution in [1.82, 2.24) is 4.98 Å². The monoisotopic (exact) mass is 555 g/mol. The first-order valence-corrected chi connectivity index (χ1v) is 16.2. The Morgan fingerprint density at radius 2 is 1.23 bits per heavy atom. The van der Waals surface area contributed by atoms with Crippen LogP contribution in [0.5, 0.6) is 0 Å². The fraction of sp³-hybridized carbons (Fsp3) is 0.156. The van der Waals surface area contributed by atoms with E-state index in [1.54, 1.807) is 32.2 Å². The van der Waals surface area contributed by atoms with Gasteiger partial charge in [0.1, 0.15) is 0 Å². The van der Waals surface area contributed by atoms with Crippen molar-refractivity contribution in [2.24, 2.45) is 0 Å². The first-order chi connectivity index (χ1) is 18.4. The van der Waals surface area contributed by atoms with E-state index in [4.69, 9.17) is 0 Å². The summed E-state index contributed by atoms with van der Waals surface area (Å²) in [5.41, 5.74) is 7.14. The Morgan fingerprint density at radius 3 is 1.85 bits per heavy atom. The molecule has 0 N–H and O–H groups in total. The lowest BCUT2D eigenvalue weighted by molar-refractivity contribution is 0.561. The van der Waals surface area contributed by atoms with Gasteiger partial charge in [0.25, 0.3) is 0 Å². The molecule has 5 nitrogen and oxygen atoms in total. The first-order valence-electron chi connectivity index (χ1n) is 12.5. The van der Waals surface area contributed by atoms with Crippen molar-refractivity contribution in [3.05, 3.63) is 109 Å². The fourth-order valence-electron chi connectivity index (χ4n) is 4.70. The molecule has 5 aromatic rings. The number of rotatable bonds is 6. The Hall–Kier alpha value is -3.81. The summed E-state index contributed by atoms with van der Waals surface area (Å²) >= 11 is 0. The molecule has 0 bridgehead atoms. The van der Waals surface area contributed by atoms with Crippen LogP contribution in [0.3, 0.4) is 0 Å². The molecule has 0 aliphatic carbocycles. The van der Waals surface area contributed by atoms with Crippen molar-refractivity contribution >= 4 is 30.6 Å². The van der Waals surface area contributed by atoms with Gasteiger partial charge in [-0.2, -0.15) is 0 Å². The molecule has 0 amide bonds. The Bertz CT molecular complexity index is 1930. The Labute approximate surface area is 230 Å². The van der Waals surface area contributed by atoms with Gasteiger partial charge in [0, 0.05) is 29.7 Å². The molecule has 0 aliphatic heterocycles. The third-order valence-corrected chi connectivity index (χ3v) is 10.6. The van der Waals surface area contributed by atoms with Crippen LogP contribution in [0, 0.1) is 0 Å². The summed E-state index contributed by atoms with van der Waals surface area (Å²) in [6.07, 6.45) is 4.21. The van der Waals surface area contributed by atoms with Crippen LogP contribution in [0.25, 0.3) is 44.3 Å². The van der Waals surface area contributed by atoms with E-state index in [0.717, 1.165) is 44.3 Å². The van der Waals surface area contributed by atoms with Crippen molar-refractivity contribution < 1.29 is 16.8 Å². The summed E-state index contributed by atoms with van der Waals surface area (Å²) in [6.45, 7) is 3.46. The van der Waals surface area contributed by atoms with Gasteiger partial charge in [0.05, 0.1) is 15.2 Å². The van der Waals surface area contributed by atoms with Crippen LogP contribution in [0.15, 0.2) is 108 Å². The van der Waals surface area contributed by atoms with Gasteiger partial charge < -0.3 is 0 Å². The van der Waals surface area contributed by atoms with Gasteiger partial charge >= 0.3 is 0 Å². The standard InChI is InChI=1S/C32H29NO4S2/c1-32(2,39(4,36)37)26-20-25-11-8-18-33-31(25)30(21-26)24-10-7-9-23(19-24)29-13-6-5-12-28(29)22-14-16-27(17-15-22)38(3,34)35/h5-21H,1-4H3. The molecule has 1 aromatic heterocycles. The van der Waals surface area contributed by atoms with Gasteiger partial charge in [0.2, 0.25) is 0 Å². The van der Waals surface area contributed by atoms with Gasteiger partial charge in [-0.3, -0.25) is 4.98 Å². The predicted octanol–water partition coefficient (Wildman–Crippen LogP) is 6.92. The predicted molar refractivity (Wildman–Crippen MR) is 159 cm³/mol. The summed E-state index contributed by atoms with van der Waals surface area (Å²) < 4.78 is 48.1. The number of aromatic nitrogens is 1. The average molecular weight is 556 g/mol. The number of nitrogens with zero attached hydrogens (tertiary/aromatic N) is 1. The maximum absolute atomic E-state index is 12.7. The molecular weight excluding hydrogens is 526 g/mol. The minimum atomic E-state index is -3.38. The zero-order chi connectivity index (χ0) is 28.0. The smallest absolute Gasteiger partial charge is 0.175 e. The van der Waals surface area contributed by atoms with Crippen LogP contribution in [0.1, 0.15) is 19.4 Å². The van der Waals surface area contributed by atoms with Crippen molar-refractivity contribution in [2.75, 3.05) is 12.5 Å². The van der Waals surface area contributed by atoms with Crippen LogP contribution in [-0.4, -0.2) is 34.3 Å². The summed E-state index contributed by atoms with van der Waals surface area (Å²) in [4.78, 5) is 4.92. The van der Waals surface area contributed by atoms with E-state index in [0.29, 0.717) is 5.56 Å². The summed E-state index contributed by atoms with van der Waals surface area (Å²) in [5, 5.41) is 0.874. The Kier molecular flexibility index (Phi) is 6.69. The van der Waals surface area contributed by atoms with E-state index in [9.17, 15) is 16.8 Å². The molecule has 0 spiro atoms. The second kappa shape index (κ2) is 9.74. The van der Waals surface area contributed by atoms with E-state index in [-0.39, 0.29) is 4.90 Å². The summed E-state index contributed by atoms with van der Waals surface area (Å²) in [5.74, 6) is 0. The molecular formula is C32H29NO4S2. The van der Waals surface area contributed by atoms with E-state index in [2.05, 4.69) is 11.1 Å². The highest BCUT2D eigenvalue weighted by Gasteiger charge is 2.33. The maximum Gasteiger partial charge on any atom is 0.175 e. The van der Waals surface area contributed by atoms with E-state index in [1.165, 1.54) is 12.5 Å². The number of benzene rings is 4. The van der Waals surface area contributed by atoms with Gasteiger partial charge in [0.15, 0.2) is 19.7 Å². The highest BCUT2D eigenvalue weighted by molar-refractivity contribution is 7.91. The van der Waals surface area contributed by atoms with Crippen LogP contribution in [0.2, 0.25) is 0 Å². The zero-order valence-corrected chi connectivity index (χ0v) is 23.8. The number of hydrogen-bond donors (Lipinski definition) is 0. The van der Waals surface area contributed by atoms with Gasteiger partial charge in [-0.1, -0.05) is 60.7 Å². The van der Waals surface area contributed by atoms with Crippen LogP contribution in [0.4, 0.5) is 0 Å². The largest absolute Gasteiger partial charge is 0.256 e. The number of sulfone groups is 2. The SMILES string of the molecule is CC(C)(c1cc(-c2cccc(-c3ccccc3-c3ccc(S(C)(=O)=O)cc3)c2)c2ncccc2c1)S(C)(=O)=O. The summed E-state index contributed by atoms with van der Waals surface area (Å²) in [6, 6.07) is 30.7. The lowest BCUT2D eigenvalue weighted by atomic mass is 9.90.